The van der Waals surface area contributed by atoms with Crippen LogP contribution in [0.3, 0.4) is 0 Å². The van der Waals surface area contributed by atoms with Crippen LogP contribution in [0.5, 0.6) is 5.75 Å². The number of nitrogens with zero attached hydrogens (tertiary/aromatic N) is 1. The fourth-order valence-corrected chi connectivity index (χ4v) is 2.80. The standard InChI is InChI=1S/C24H24N2O2/c1-3-4-5-6-7-15-28-22-10-8-9-21(17-22)26-24(27)20-13-14-23-19(16-20)12-11-18(2)25-23/h8-14,16-17H,3,6-7,15H2,1-2H3,(H,26,27). The van der Waals surface area contributed by atoms with Gasteiger partial charge in [-0.2, -0.15) is 0 Å². The molecule has 0 radical (unpaired) electrons. The lowest BCUT2D eigenvalue weighted by atomic mass is 10.1. The zero-order valence-corrected chi connectivity index (χ0v) is 16.3. The third kappa shape index (κ3) is 5.34. The van der Waals surface area contributed by atoms with E-state index in [0.29, 0.717) is 17.9 Å². The van der Waals surface area contributed by atoms with Crippen LogP contribution in [0.4, 0.5) is 5.69 Å². The van der Waals surface area contributed by atoms with Crippen molar-refractivity contribution < 1.29 is 9.53 Å². The van der Waals surface area contributed by atoms with Crippen molar-refractivity contribution in [2.45, 2.75) is 33.1 Å². The molecule has 3 rings (SSSR count). The van der Waals surface area contributed by atoms with Crippen molar-refractivity contribution in [3.05, 3.63) is 65.9 Å². The Labute approximate surface area is 165 Å². The van der Waals surface area contributed by atoms with Gasteiger partial charge in [-0.15, -0.1) is 11.8 Å². The fraction of sp³-hybridized carbons (Fsp3) is 0.250. The molecule has 0 unspecified atom stereocenters. The lowest BCUT2D eigenvalue weighted by molar-refractivity contribution is 0.102. The van der Waals surface area contributed by atoms with Gasteiger partial charge < -0.3 is 10.1 Å². The summed E-state index contributed by atoms with van der Waals surface area (Å²) in [6.07, 6.45) is 2.60. The molecule has 0 spiro atoms. The molecule has 28 heavy (non-hydrogen) atoms. The van der Waals surface area contributed by atoms with Gasteiger partial charge in [0.2, 0.25) is 0 Å². The molecule has 0 bridgehead atoms. The van der Waals surface area contributed by atoms with Gasteiger partial charge in [-0.3, -0.25) is 9.78 Å². The molecule has 142 valence electrons. The summed E-state index contributed by atoms with van der Waals surface area (Å²) in [5.41, 5.74) is 3.14. The van der Waals surface area contributed by atoms with Gasteiger partial charge in [0.1, 0.15) is 5.75 Å². The molecule has 0 saturated carbocycles. The number of benzene rings is 2. The van der Waals surface area contributed by atoms with E-state index in [-0.39, 0.29) is 5.91 Å². The zero-order chi connectivity index (χ0) is 19.8. The zero-order valence-electron chi connectivity index (χ0n) is 16.3. The average molecular weight is 372 g/mol. The van der Waals surface area contributed by atoms with Crippen molar-refractivity contribution in [1.82, 2.24) is 4.98 Å². The highest BCUT2D eigenvalue weighted by molar-refractivity contribution is 6.06. The van der Waals surface area contributed by atoms with E-state index in [1.165, 1.54) is 0 Å². The van der Waals surface area contributed by atoms with Crippen molar-refractivity contribution in [2.75, 3.05) is 11.9 Å². The maximum atomic E-state index is 12.6. The van der Waals surface area contributed by atoms with Crippen molar-refractivity contribution in [3.63, 3.8) is 0 Å². The van der Waals surface area contributed by atoms with Crippen LogP contribution < -0.4 is 10.1 Å². The second-order valence-electron chi connectivity index (χ2n) is 6.50. The minimum absolute atomic E-state index is 0.158. The molecule has 0 aliphatic rings. The van der Waals surface area contributed by atoms with Gasteiger partial charge >= 0.3 is 0 Å². The van der Waals surface area contributed by atoms with E-state index in [1.807, 2.05) is 62.4 Å². The smallest absolute Gasteiger partial charge is 0.255 e. The summed E-state index contributed by atoms with van der Waals surface area (Å²) in [6, 6.07) is 16.9. The molecular weight excluding hydrogens is 348 g/mol. The minimum atomic E-state index is -0.158. The summed E-state index contributed by atoms with van der Waals surface area (Å²) in [5.74, 6) is 6.73. The number of rotatable bonds is 6. The van der Waals surface area contributed by atoms with Crippen LogP contribution in [0.25, 0.3) is 10.9 Å². The van der Waals surface area contributed by atoms with E-state index in [2.05, 4.69) is 22.1 Å². The van der Waals surface area contributed by atoms with Crippen LogP contribution >= 0.6 is 0 Å². The van der Waals surface area contributed by atoms with Gasteiger partial charge in [0.05, 0.1) is 12.1 Å². The summed E-state index contributed by atoms with van der Waals surface area (Å²) in [7, 11) is 0. The molecule has 4 nitrogen and oxygen atoms in total. The second kappa shape index (κ2) is 9.57. The van der Waals surface area contributed by atoms with E-state index in [9.17, 15) is 4.79 Å². The van der Waals surface area contributed by atoms with E-state index >= 15 is 0 Å². The molecule has 0 saturated heterocycles. The second-order valence-corrected chi connectivity index (χ2v) is 6.50. The Bertz CT molecular complexity index is 1030. The van der Waals surface area contributed by atoms with Crippen LogP contribution in [0, 0.1) is 18.8 Å². The molecular formula is C24H24N2O2. The Morgan fingerprint density at radius 1 is 1.11 bits per heavy atom. The number of ether oxygens (including phenoxy) is 1. The van der Waals surface area contributed by atoms with E-state index in [0.717, 1.165) is 41.6 Å². The van der Waals surface area contributed by atoms with Gasteiger partial charge in [-0.25, -0.2) is 0 Å². The normalized spacial score (nSPS) is 10.2. The van der Waals surface area contributed by atoms with Gasteiger partial charge in [0, 0.05) is 41.2 Å². The number of pyridine rings is 1. The number of hydrogen-bond donors (Lipinski definition) is 1. The predicted octanol–water partition coefficient (Wildman–Crippen LogP) is 5.37. The molecule has 0 aliphatic heterocycles. The highest BCUT2D eigenvalue weighted by atomic mass is 16.5. The number of hydrogen-bond acceptors (Lipinski definition) is 3. The molecule has 0 atom stereocenters. The molecule has 0 fully saturated rings. The summed E-state index contributed by atoms with van der Waals surface area (Å²) >= 11 is 0. The van der Waals surface area contributed by atoms with E-state index in [1.54, 1.807) is 6.07 Å². The maximum absolute atomic E-state index is 12.6. The summed E-state index contributed by atoms with van der Waals surface area (Å²) in [6.45, 7) is 4.60. The van der Waals surface area contributed by atoms with Crippen LogP contribution in [-0.4, -0.2) is 17.5 Å². The third-order valence-electron chi connectivity index (χ3n) is 4.20. The largest absolute Gasteiger partial charge is 0.493 e. The van der Waals surface area contributed by atoms with Crippen LogP contribution in [0.15, 0.2) is 54.6 Å². The molecule has 1 aromatic heterocycles. The number of anilines is 1. The first-order valence-corrected chi connectivity index (χ1v) is 9.53. The predicted molar refractivity (Wildman–Crippen MR) is 114 cm³/mol. The number of carbonyl (C=O) groups is 1. The molecule has 0 aliphatic carbocycles. The quantitative estimate of drug-likeness (QED) is 0.468. The molecule has 1 amide bonds. The summed E-state index contributed by atoms with van der Waals surface area (Å²) in [4.78, 5) is 17.1. The minimum Gasteiger partial charge on any atom is -0.493 e. The molecule has 1 N–H and O–H groups in total. The molecule has 2 aromatic carbocycles. The Morgan fingerprint density at radius 3 is 2.86 bits per heavy atom. The number of unbranched alkanes of at least 4 members (excludes halogenated alkanes) is 1. The van der Waals surface area contributed by atoms with Crippen LogP contribution in [-0.2, 0) is 0 Å². The highest BCUT2D eigenvalue weighted by Gasteiger charge is 2.08. The Morgan fingerprint density at radius 2 is 2.00 bits per heavy atom. The number of fused-ring (bicyclic) bond motifs is 1. The maximum Gasteiger partial charge on any atom is 0.255 e. The van der Waals surface area contributed by atoms with Gasteiger partial charge in [-0.05, 0) is 49.7 Å². The Balaban J connectivity index is 1.61. The topological polar surface area (TPSA) is 51.2 Å². The van der Waals surface area contributed by atoms with Gasteiger partial charge in [0.15, 0.2) is 0 Å². The first kappa shape index (κ1) is 19.4. The van der Waals surface area contributed by atoms with Crippen LogP contribution in [0.2, 0.25) is 0 Å². The van der Waals surface area contributed by atoms with Crippen molar-refractivity contribution in [1.29, 1.82) is 0 Å². The van der Waals surface area contributed by atoms with Gasteiger partial charge in [0.25, 0.3) is 5.91 Å². The first-order chi connectivity index (χ1) is 13.7. The summed E-state index contributed by atoms with van der Waals surface area (Å²) < 4.78 is 5.76. The van der Waals surface area contributed by atoms with E-state index < -0.39 is 0 Å². The lowest BCUT2D eigenvalue weighted by Gasteiger charge is -2.09. The number of amides is 1. The number of aromatic nitrogens is 1. The van der Waals surface area contributed by atoms with Crippen molar-refractivity contribution in [2.24, 2.45) is 0 Å². The molecule has 3 aromatic rings. The lowest BCUT2D eigenvalue weighted by Crippen LogP contribution is -2.12. The average Bonchev–Trinajstić information content (AvgIpc) is 2.70. The molecule has 1 heterocycles. The van der Waals surface area contributed by atoms with Crippen molar-refractivity contribution >= 4 is 22.5 Å². The Kier molecular flexibility index (Phi) is 6.64. The van der Waals surface area contributed by atoms with Gasteiger partial charge in [-0.1, -0.05) is 19.1 Å². The van der Waals surface area contributed by atoms with E-state index in [4.69, 9.17) is 4.74 Å². The molecule has 4 heteroatoms. The SMILES string of the molecule is CCC#CCCCOc1cccc(NC(=O)c2ccc3nc(C)ccc3c2)c1. The highest BCUT2D eigenvalue weighted by Crippen LogP contribution is 2.20. The number of aryl methyl sites for hydroxylation is 1. The summed E-state index contributed by atoms with van der Waals surface area (Å²) in [5, 5.41) is 3.88. The number of carbonyl (C=O) groups excluding carboxylic acids is 1. The van der Waals surface area contributed by atoms with Crippen molar-refractivity contribution in [3.8, 4) is 17.6 Å². The van der Waals surface area contributed by atoms with Crippen LogP contribution in [0.1, 0.15) is 42.2 Å². The first-order valence-electron chi connectivity index (χ1n) is 9.53. The Hall–Kier alpha value is -3.32. The number of nitrogens with one attached hydrogen (secondary N) is 1. The fourth-order valence-electron chi connectivity index (χ4n) is 2.80. The monoisotopic (exact) mass is 372 g/mol. The third-order valence-corrected chi connectivity index (χ3v) is 4.20.